The highest BCUT2D eigenvalue weighted by Crippen LogP contribution is 2.48. The summed E-state index contributed by atoms with van der Waals surface area (Å²) in [5.74, 6) is 0. The average molecular weight is 1730 g/mol. The van der Waals surface area contributed by atoms with Crippen LogP contribution in [0.1, 0.15) is 0 Å². The van der Waals surface area contributed by atoms with Crippen LogP contribution < -0.4 is 14.7 Å². The van der Waals surface area contributed by atoms with Crippen LogP contribution in [0.3, 0.4) is 0 Å². The Morgan fingerprint density at radius 3 is 0.618 bits per heavy atom. The highest BCUT2D eigenvalue weighted by molar-refractivity contribution is 6.27. The van der Waals surface area contributed by atoms with Gasteiger partial charge in [-0.2, -0.15) is 0 Å². The lowest BCUT2D eigenvalue weighted by molar-refractivity contribution is 1.18. The van der Waals surface area contributed by atoms with Crippen LogP contribution in [0.4, 0.5) is 51.2 Å². The number of hydrogen-bond donors (Lipinski definition) is 0. The van der Waals surface area contributed by atoms with Crippen molar-refractivity contribution in [1.29, 1.82) is 0 Å². The van der Waals surface area contributed by atoms with Crippen molar-refractivity contribution < 1.29 is 0 Å². The molecule has 0 saturated carbocycles. The van der Waals surface area contributed by atoms with E-state index in [-0.39, 0.29) is 0 Å². The van der Waals surface area contributed by atoms with E-state index < -0.39 is 0 Å². The molecule has 0 aliphatic carbocycles. The van der Waals surface area contributed by atoms with Crippen LogP contribution in [0.25, 0.3) is 181 Å². The predicted octanol–water partition coefficient (Wildman–Crippen LogP) is 36.0. The molecule has 3 heterocycles. The van der Waals surface area contributed by atoms with Crippen molar-refractivity contribution in [3.8, 4) is 72.7 Å². The molecule has 0 N–H and O–H groups in total. The Kier molecular flexibility index (Phi) is 20.2. The fraction of sp³-hybridized carbons (Fsp3) is 0. The van der Waals surface area contributed by atoms with Gasteiger partial charge in [0.2, 0.25) is 0 Å². The van der Waals surface area contributed by atoms with Crippen molar-refractivity contribution in [2.75, 3.05) is 14.7 Å². The molecule has 0 aliphatic rings. The molecule has 27 rings (SSSR count). The van der Waals surface area contributed by atoms with Gasteiger partial charge in [-0.3, -0.25) is 0 Å². The normalized spacial score (nSPS) is 11.5. The summed E-state index contributed by atoms with van der Waals surface area (Å²) in [5, 5.41) is 18.2. The third-order valence-corrected chi connectivity index (χ3v) is 27.2. The van der Waals surface area contributed by atoms with E-state index in [4.69, 9.17) is 0 Å². The first-order valence-electron chi connectivity index (χ1n) is 46.7. The fourth-order valence-electron chi connectivity index (χ4n) is 20.9. The summed E-state index contributed by atoms with van der Waals surface area (Å²) in [6.45, 7) is 0. The van der Waals surface area contributed by atoms with E-state index in [0.29, 0.717) is 0 Å². The minimum absolute atomic E-state index is 1.10. The van der Waals surface area contributed by atoms with Gasteiger partial charge in [0.05, 0.1) is 38.8 Å². The van der Waals surface area contributed by atoms with E-state index >= 15 is 0 Å². The molecule has 6 nitrogen and oxygen atoms in total. The highest BCUT2D eigenvalue weighted by atomic mass is 15.2. The number of rotatable bonds is 17. The van der Waals surface area contributed by atoms with Crippen molar-refractivity contribution >= 4 is 160 Å². The molecular formula is C130H88N6. The molecule has 0 saturated heterocycles. The standard InChI is InChI=1S/C50H34N2.C42H28N2.C38H26N2/c1-3-10-35(11-4-1)37-22-28-43(29-23-37)51(44-30-24-38(25-31-44)36-12-5-2-6-13-36)45-32-26-39(27-33-45)42-16-7-17-46(34-42)52-47-18-8-14-40-20-21-41-15-9-19-48(52)50(41)49(40)47;1-2-15-34(16-3-1)43(38-19-7-11-30-10-4-5-18-37(30)38)35-26-24-29(25-27-35)33-14-6-17-36(28-33)44-39-20-8-12-31-22-23-32-13-9-21-40(44)42(32)41(31)39;1-3-13-31(14-4-1)39(32-15-5-2-6-16-32)33-24-22-27(23-25-33)30-12-7-17-34(26-30)40-35-18-8-10-28-20-21-29-11-9-19-36(40)38(29)37(28)35/h1-34H;1-28H;1-26H. The molecule has 0 fully saturated rings. The Bertz CT molecular complexity index is 8650. The molecule has 0 radical (unpaired) electrons. The molecule has 6 heteroatoms. The Labute approximate surface area is 789 Å². The third-order valence-electron chi connectivity index (χ3n) is 27.2. The van der Waals surface area contributed by atoms with E-state index in [0.717, 1.165) is 51.2 Å². The second-order valence-corrected chi connectivity index (χ2v) is 35.1. The summed E-state index contributed by atoms with van der Waals surface area (Å²) in [5.41, 5.74) is 33.1. The molecule has 0 spiro atoms. The minimum Gasteiger partial charge on any atom is -0.311 e. The quantitative estimate of drug-likeness (QED) is 0.0850. The van der Waals surface area contributed by atoms with E-state index in [1.165, 1.54) is 181 Å². The topological polar surface area (TPSA) is 24.5 Å². The Hall–Kier alpha value is -18.1. The zero-order valence-corrected chi connectivity index (χ0v) is 74.5. The van der Waals surface area contributed by atoms with Gasteiger partial charge in [0.25, 0.3) is 0 Å². The summed E-state index contributed by atoms with van der Waals surface area (Å²) in [6, 6.07) is 192. The maximum Gasteiger partial charge on any atom is 0.0547 e. The zero-order valence-electron chi connectivity index (χ0n) is 74.5. The maximum absolute atomic E-state index is 2.42. The highest BCUT2D eigenvalue weighted by Gasteiger charge is 2.24. The molecule has 0 aliphatic heterocycles. The first-order chi connectivity index (χ1) is 67.5. The van der Waals surface area contributed by atoms with Gasteiger partial charge < -0.3 is 28.4 Å². The van der Waals surface area contributed by atoms with Gasteiger partial charge in [-0.1, -0.05) is 358 Å². The van der Waals surface area contributed by atoms with Crippen LogP contribution in [-0.4, -0.2) is 13.7 Å². The van der Waals surface area contributed by atoms with Gasteiger partial charge in [0.1, 0.15) is 0 Å². The first-order valence-corrected chi connectivity index (χ1v) is 46.7. The molecule has 27 aromatic rings. The van der Waals surface area contributed by atoms with Gasteiger partial charge in [-0.05, 0) is 269 Å². The van der Waals surface area contributed by atoms with Crippen LogP contribution in [0.15, 0.2) is 534 Å². The number of benzene rings is 24. The molecule has 638 valence electrons. The van der Waals surface area contributed by atoms with E-state index in [9.17, 15) is 0 Å². The van der Waals surface area contributed by atoms with Crippen LogP contribution in [0, 0.1) is 0 Å². The second-order valence-electron chi connectivity index (χ2n) is 35.1. The molecule has 0 atom stereocenters. The lowest BCUT2D eigenvalue weighted by Gasteiger charge is -2.27. The van der Waals surface area contributed by atoms with E-state index in [2.05, 4.69) is 562 Å². The lowest BCUT2D eigenvalue weighted by atomic mass is 10.0. The van der Waals surface area contributed by atoms with Gasteiger partial charge in [0, 0.05) is 100 Å². The van der Waals surface area contributed by atoms with Crippen LogP contribution in [-0.2, 0) is 0 Å². The summed E-state index contributed by atoms with van der Waals surface area (Å²) in [7, 11) is 0. The van der Waals surface area contributed by atoms with Crippen molar-refractivity contribution in [3.05, 3.63) is 534 Å². The Morgan fingerprint density at radius 2 is 0.324 bits per heavy atom. The minimum atomic E-state index is 1.10. The van der Waals surface area contributed by atoms with Crippen molar-refractivity contribution in [2.45, 2.75) is 0 Å². The number of fused-ring (bicyclic) bond motifs is 1. The summed E-state index contributed by atoms with van der Waals surface area (Å²) < 4.78 is 7.25. The van der Waals surface area contributed by atoms with Gasteiger partial charge >= 0.3 is 0 Å². The number of aromatic nitrogens is 3. The van der Waals surface area contributed by atoms with E-state index in [1.807, 2.05) is 0 Å². The fourth-order valence-corrected chi connectivity index (χ4v) is 20.9. The van der Waals surface area contributed by atoms with Gasteiger partial charge in [-0.15, -0.1) is 0 Å². The molecule has 136 heavy (non-hydrogen) atoms. The summed E-state index contributed by atoms with van der Waals surface area (Å²) >= 11 is 0. The summed E-state index contributed by atoms with van der Waals surface area (Å²) in [4.78, 5) is 6.99. The maximum atomic E-state index is 2.42. The molecule has 0 amide bonds. The molecule has 3 aromatic heterocycles. The van der Waals surface area contributed by atoms with Crippen LogP contribution in [0.5, 0.6) is 0 Å². The van der Waals surface area contributed by atoms with Gasteiger partial charge in [0.15, 0.2) is 0 Å². The summed E-state index contributed by atoms with van der Waals surface area (Å²) in [6.07, 6.45) is 0. The molecular weight excluding hydrogens is 1650 g/mol. The van der Waals surface area contributed by atoms with Crippen molar-refractivity contribution in [2.24, 2.45) is 0 Å². The molecule has 0 bridgehead atoms. The van der Waals surface area contributed by atoms with E-state index in [1.54, 1.807) is 0 Å². The van der Waals surface area contributed by atoms with Crippen LogP contribution >= 0.6 is 0 Å². The second kappa shape index (κ2) is 34.3. The number of nitrogens with zero attached hydrogens (tertiary/aromatic N) is 6. The third kappa shape index (κ3) is 14.4. The zero-order chi connectivity index (χ0) is 89.9. The Balaban J connectivity index is 0.000000110. The number of anilines is 9. The number of hydrogen-bond acceptors (Lipinski definition) is 3. The number of para-hydroxylation sites is 3. The van der Waals surface area contributed by atoms with Crippen molar-refractivity contribution in [3.63, 3.8) is 0 Å². The van der Waals surface area contributed by atoms with Crippen molar-refractivity contribution in [1.82, 2.24) is 13.7 Å². The predicted molar refractivity (Wildman–Crippen MR) is 577 cm³/mol. The lowest BCUT2D eigenvalue weighted by Crippen LogP contribution is -2.10. The molecule has 0 unspecified atom stereocenters. The average Bonchev–Trinajstić information content (AvgIpc) is 1.57. The monoisotopic (exact) mass is 1730 g/mol. The molecule has 24 aromatic carbocycles. The van der Waals surface area contributed by atoms with Gasteiger partial charge in [-0.25, -0.2) is 0 Å². The first kappa shape index (κ1) is 80.0. The largest absolute Gasteiger partial charge is 0.311 e. The smallest absolute Gasteiger partial charge is 0.0547 e. The SMILES string of the molecule is c1ccc(-c2ccc(N(c3ccc(-c4ccccc4)cc3)c3ccc(-c4cccc(-n5c6cccc7ccc8cccc5c8c76)c4)cc3)cc2)cc1.c1ccc(N(c2ccc(-c3cccc(-n4c5cccc6ccc7cccc4c7c65)c3)cc2)c2cccc3ccccc23)cc1.c1ccc(N(c2ccccc2)c2ccc(-c3cccc(-n4c5cccc6ccc7cccc4c7c65)c3)cc2)cc1. The van der Waals surface area contributed by atoms with Crippen LogP contribution in [0.2, 0.25) is 0 Å². The Morgan fingerprint density at radius 1 is 0.125 bits per heavy atom.